The minimum Gasteiger partial charge on any atom is -0.303 e. The van der Waals surface area contributed by atoms with Crippen molar-refractivity contribution in [2.45, 2.75) is 5.16 Å². The highest BCUT2D eigenvalue weighted by molar-refractivity contribution is 9.10. The van der Waals surface area contributed by atoms with E-state index < -0.39 is 0 Å². The molecular formula is C12H10BrN5S. The fourth-order valence-corrected chi connectivity index (χ4v) is 2.35. The van der Waals surface area contributed by atoms with E-state index in [1.807, 2.05) is 42.1 Å². The highest BCUT2D eigenvalue weighted by Crippen LogP contribution is 2.22. The van der Waals surface area contributed by atoms with Crippen LogP contribution in [0.15, 0.2) is 46.3 Å². The molecule has 2 heterocycles. The molecule has 0 saturated heterocycles. The van der Waals surface area contributed by atoms with E-state index in [1.54, 1.807) is 10.8 Å². The Bertz CT molecular complexity index is 733. The van der Waals surface area contributed by atoms with Crippen molar-refractivity contribution in [2.24, 2.45) is 7.05 Å². The van der Waals surface area contributed by atoms with Gasteiger partial charge in [0.2, 0.25) is 5.82 Å². The fourth-order valence-electron chi connectivity index (χ4n) is 1.82. The van der Waals surface area contributed by atoms with Gasteiger partial charge in [-0.2, -0.15) is 0 Å². The molecule has 2 aromatic heterocycles. The second-order valence-corrected chi connectivity index (χ2v) is 5.30. The Balaban J connectivity index is 2.16. The van der Waals surface area contributed by atoms with Crippen LogP contribution in [0.3, 0.4) is 0 Å². The molecule has 0 amide bonds. The summed E-state index contributed by atoms with van der Waals surface area (Å²) in [7, 11) is 1.86. The largest absolute Gasteiger partial charge is 0.303 e. The van der Waals surface area contributed by atoms with Crippen molar-refractivity contribution in [2.75, 3.05) is 0 Å². The molecule has 0 saturated carbocycles. The first-order valence-corrected chi connectivity index (χ1v) is 6.79. The summed E-state index contributed by atoms with van der Waals surface area (Å²) >= 11 is 7.70. The highest BCUT2D eigenvalue weighted by Gasteiger charge is 2.14. The molecule has 0 aliphatic carbocycles. The molecule has 0 atom stereocenters. The number of nitrogens with zero attached hydrogens (tertiary/aromatic N) is 5. The summed E-state index contributed by atoms with van der Waals surface area (Å²) in [5.41, 5.74) is 1.01. The highest BCUT2D eigenvalue weighted by atomic mass is 79.9. The first kappa shape index (κ1) is 12.4. The Morgan fingerprint density at radius 1 is 1.21 bits per heavy atom. The maximum atomic E-state index is 4.36. The van der Waals surface area contributed by atoms with Crippen molar-refractivity contribution in [1.29, 1.82) is 0 Å². The smallest absolute Gasteiger partial charge is 0.200 e. The zero-order chi connectivity index (χ0) is 13.4. The van der Waals surface area contributed by atoms with E-state index in [9.17, 15) is 0 Å². The molecule has 0 fully saturated rings. The van der Waals surface area contributed by atoms with E-state index in [4.69, 9.17) is 0 Å². The molecule has 96 valence electrons. The van der Waals surface area contributed by atoms with E-state index in [2.05, 4.69) is 43.7 Å². The van der Waals surface area contributed by atoms with Crippen molar-refractivity contribution < 1.29 is 0 Å². The van der Waals surface area contributed by atoms with E-state index >= 15 is 0 Å². The van der Waals surface area contributed by atoms with Gasteiger partial charge in [-0.3, -0.25) is 4.57 Å². The Kier molecular flexibility index (Phi) is 3.16. The van der Waals surface area contributed by atoms with Gasteiger partial charge >= 0.3 is 0 Å². The minimum absolute atomic E-state index is 0.554. The van der Waals surface area contributed by atoms with Gasteiger partial charge in [0.25, 0.3) is 0 Å². The first-order chi connectivity index (χ1) is 9.16. The quantitative estimate of drug-likeness (QED) is 0.732. The van der Waals surface area contributed by atoms with Crippen LogP contribution in [0.2, 0.25) is 0 Å². The van der Waals surface area contributed by atoms with Gasteiger partial charge < -0.3 is 4.57 Å². The van der Waals surface area contributed by atoms with Crippen LogP contribution >= 0.6 is 28.6 Å². The number of aromatic nitrogens is 5. The summed E-state index contributed by atoms with van der Waals surface area (Å²) < 4.78 is 4.76. The molecule has 19 heavy (non-hydrogen) atoms. The van der Waals surface area contributed by atoms with Gasteiger partial charge in [-0.15, -0.1) is 22.8 Å². The SMILES string of the molecule is Cn1c(S)nnc1-c1nccn1-c1cccc(Br)c1. The lowest BCUT2D eigenvalue weighted by molar-refractivity contribution is 0.792. The number of rotatable bonds is 2. The van der Waals surface area contributed by atoms with Crippen molar-refractivity contribution >= 4 is 28.6 Å². The lowest BCUT2D eigenvalue weighted by Gasteiger charge is -2.07. The van der Waals surface area contributed by atoms with E-state index in [0.717, 1.165) is 16.0 Å². The monoisotopic (exact) mass is 335 g/mol. The molecule has 0 aliphatic rings. The number of hydrogen-bond acceptors (Lipinski definition) is 4. The molecule has 0 bridgehead atoms. The summed E-state index contributed by atoms with van der Waals surface area (Å²) in [5, 5.41) is 8.60. The van der Waals surface area contributed by atoms with Crippen LogP contribution in [0.1, 0.15) is 0 Å². The van der Waals surface area contributed by atoms with E-state index in [0.29, 0.717) is 11.0 Å². The third-order valence-electron chi connectivity index (χ3n) is 2.78. The second-order valence-electron chi connectivity index (χ2n) is 3.98. The molecule has 0 radical (unpaired) electrons. The molecule has 1 aromatic carbocycles. The van der Waals surface area contributed by atoms with Crippen molar-refractivity contribution in [3.8, 4) is 17.3 Å². The maximum absolute atomic E-state index is 4.36. The Morgan fingerprint density at radius 3 is 2.74 bits per heavy atom. The third kappa shape index (κ3) is 2.19. The van der Waals surface area contributed by atoms with Crippen LogP contribution in [-0.4, -0.2) is 24.3 Å². The van der Waals surface area contributed by atoms with Crippen LogP contribution in [0.4, 0.5) is 0 Å². The molecule has 0 aliphatic heterocycles. The summed E-state index contributed by atoms with van der Waals surface area (Å²) in [4.78, 5) is 4.36. The number of benzene rings is 1. The van der Waals surface area contributed by atoms with Gasteiger partial charge in [-0.05, 0) is 18.2 Å². The van der Waals surface area contributed by atoms with Gasteiger partial charge in [0, 0.05) is 29.6 Å². The van der Waals surface area contributed by atoms with Crippen LogP contribution in [0, 0.1) is 0 Å². The number of halogens is 1. The van der Waals surface area contributed by atoms with Crippen LogP contribution < -0.4 is 0 Å². The number of imidazole rings is 1. The Hall–Kier alpha value is -1.60. The van der Waals surface area contributed by atoms with Gasteiger partial charge in [-0.25, -0.2) is 4.98 Å². The second kappa shape index (κ2) is 4.82. The van der Waals surface area contributed by atoms with Crippen LogP contribution in [0.25, 0.3) is 17.3 Å². The summed E-state index contributed by atoms with van der Waals surface area (Å²) in [6.45, 7) is 0. The summed E-state index contributed by atoms with van der Waals surface area (Å²) in [6.07, 6.45) is 3.63. The average molecular weight is 336 g/mol. The normalized spacial score (nSPS) is 10.9. The predicted octanol–water partition coefficient (Wildman–Crippen LogP) is 2.72. The van der Waals surface area contributed by atoms with Crippen molar-refractivity contribution in [3.63, 3.8) is 0 Å². The molecule has 7 heteroatoms. The molecule has 0 N–H and O–H groups in total. The molecule has 3 aromatic rings. The predicted molar refractivity (Wildman–Crippen MR) is 78.5 cm³/mol. The minimum atomic E-state index is 0.554. The zero-order valence-corrected chi connectivity index (χ0v) is 12.5. The van der Waals surface area contributed by atoms with Crippen LogP contribution in [0.5, 0.6) is 0 Å². The Labute approximate surface area is 123 Å². The van der Waals surface area contributed by atoms with Crippen molar-refractivity contribution in [3.05, 3.63) is 41.1 Å². The lowest BCUT2D eigenvalue weighted by atomic mass is 10.3. The lowest BCUT2D eigenvalue weighted by Crippen LogP contribution is -2.01. The van der Waals surface area contributed by atoms with E-state index in [1.165, 1.54) is 0 Å². The molecule has 3 rings (SSSR count). The number of hydrogen-bond donors (Lipinski definition) is 1. The molecule has 5 nitrogen and oxygen atoms in total. The van der Waals surface area contributed by atoms with Gasteiger partial charge in [-0.1, -0.05) is 22.0 Å². The average Bonchev–Trinajstić information content (AvgIpc) is 2.98. The van der Waals surface area contributed by atoms with Crippen molar-refractivity contribution in [1.82, 2.24) is 24.3 Å². The van der Waals surface area contributed by atoms with E-state index in [-0.39, 0.29) is 0 Å². The summed E-state index contributed by atoms with van der Waals surface area (Å²) in [5.74, 6) is 1.41. The number of thiol groups is 1. The topological polar surface area (TPSA) is 48.5 Å². The maximum Gasteiger partial charge on any atom is 0.200 e. The van der Waals surface area contributed by atoms with Gasteiger partial charge in [0.15, 0.2) is 11.0 Å². The van der Waals surface area contributed by atoms with Gasteiger partial charge in [0.05, 0.1) is 0 Å². The zero-order valence-electron chi connectivity index (χ0n) is 10.0. The Morgan fingerprint density at radius 2 is 2.05 bits per heavy atom. The van der Waals surface area contributed by atoms with Gasteiger partial charge in [0.1, 0.15) is 0 Å². The fraction of sp³-hybridized carbons (Fsp3) is 0.0833. The standard InChI is InChI=1S/C12H10BrN5S/c1-17-11(15-16-12(17)19)10-14-5-6-18(10)9-4-2-3-8(13)7-9/h2-7H,1H3,(H,16,19). The third-order valence-corrected chi connectivity index (χ3v) is 3.66. The van der Waals surface area contributed by atoms with Crippen LogP contribution in [-0.2, 0) is 7.05 Å². The molecule has 0 unspecified atom stereocenters. The first-order valence-electron chi connectivity index (χ1n) is 5.55. The molecule has 0 spiro atoms. The summed E-state index contributed by atoms with van der Waals surface area (Å²) in [6, 6.07) is 7.98. The molecular weight excluding hydrogens is 326 g/mol.